The Hall–Kier alpha value is -2.13. The van der Waals surface area contributed by atoms with Gasteiger partial charge in [0.15, 0.2) is 0 Å². The van der Waals surface area contributed by atoms with Crippen LogP contribution in [-0.2, 0) is 10.5 Å². The highest BCUT2D eigenvalue weighted by Gasteiger charge is 2.52. The van der Waals surface area contributed by atoms with Gasteiger partial charge in [0.1, 0.15) is 0 Å². The highest BCUT2D eigenvalue weighted by atomic mass is 79.9. The minimum atomic E-state index is -2.22. The number of fused-ring (bicyclic) bond motifs is 1. The molecule has 1 fully saturated rings. The van der Waals surface area contributed by atoms with Gasteiger partial charge in [-0.1, -0.05) is 27.5 Å². The Bertz CT molecular complexity index is 981. The van der Waals surface area contributed by atoms with E-state index in [1.54, 1.807) is 42.5 Å². The van der Waals surface area contributed by atoms with E-state index in [2.05, 4.69) is 31.5 Å². The number of urea groups is 1. The molecule has 0 aliphatic carbocycles. The van der Waals surface area contributed by atoms with E-state index in [1.165, 1.54) is 12.8 Å². The van der Waals surface area contributed by atoms with Crippen LogP contribution in [0.15, 0.2) is 46.9 Å². The average Bonchev–Trinajstić information content (AvgIpc) is 3.26. The SMILES string of the molecule is O=C1Nc2ccc(Br)cc2[C@@](O)(C(=O)NCCCN2CCCC2)N1c1ccc(Cl)cc1. The van der Waals surface area contributed by atoms with Crippen molar-refractivity contribution in [2.75, 3.05) is 36.4 Å². The van der Waals surface area contributed by atoms with Crippen LogP contribution in [0, 0.1) is 0 Å². The van der Waals surface area contributed by atoms with E-state index in [-0.39, 0.29) is 5.56 Å². The van der Waals surface area contributed by atoms with Gasteiger partial charge in [0.2, 0.25) is 0 Å². The smallest absolute Gasteiger partial charge is 0.329 e. The first kappa shape index (κ1) is 22.1. The van der Waals surface area contributed by atoms with Crippen LogP contribution in [0.1, 0.15) is 24.8 Å². The molecule has 0 aromatic heterocycles. The number of anilines is 2. The molecular formula is C22H24BrClN4O3. The van der Waals surface area contributed by atoms with Crippen molar-refractivity contribution >= 4 is 50.8 Å². The second kappa shape index (κ2) is 9.16. The van der Waals surface area contributed by atoms with Crippen molar-refractivity contribution in [1.29, 1.82) is 0 Å². The zero-order valence-corrected chi connectivity index (χ0v) is 19.2. The second-order valence-corrected chi connectivity index (χ2v) is 9.11. The summed E-state index contributed by atoms with van der Waals surface area (Å²) in [6.45, 7) is 3.47. The molecule has 1 saturated heterocycles. The second-order valence-electron chi connectivity index (χ2n) is 7.76. The quantitative estimate of drug-likeness (QED) is 0.518. The number of nitrogens with one attached hydrogen (secondary N) is 2. The third-order valence-corrected chi connectivity index (χ3v) is 6.41. The van der Waals surface area contributed by atoms with Crippen molar-refractivity contribution in [1.82, 2.24) is 10.2 Å². The molecule has 2 aliphatic rings. The molecular weight excluding hydrogens is 484 g/mol. The number of carbonyl (C=O) groups excluding carboxylic acids is 2. The lowest BCUT2D eigenvalue weighted by molar-refractivity contribution is -0.140. The van der Waals surface area contributed by atoms with Crippen LogP contribution in [0.5, 0.6) is 0 Å². The average molecular weight is 508 g/mol. The van der Waals surface area contributed by atoms with E-state index < -0.39 is 17.7 Å². The maximum Gasteiger partial charge on any atom is 0.329 e. The number of carbonyl (C=O) groups is 2. The lowest BCUT2D eigenvalue weighted by atomic mass is 9.94. The third-order valence-electron chi connectivity index (χ3n) is 5.66. The van der Waals surface area contributed by atoms with Crippen LogP contribution in [0.4, 0.5) is 16.2 Å². The first-order valence-electron chi connectivity index (χ1n) is 10.3. The summed E-state index contributed by atoms with van der Waals surface area (Å²) >= 11 is 9.39. The summed E-state index contributed by atoms with van der Waals surface area (Å²) in [5, 5.41) is 17.8. The van der Waals surface area contributed by atoms with Crippen molar-refractivity contribution in [3.8, 4) is 0 Å². The van der Waals surface area contributed by atoms with Crippen molar-refractivity contribution in [3.05, 3.63) is 57.5 Å². The molecule has 164 valence electrons. The molecule has 2 aliphatic heterocycles. The Kier molecular flexibility index (Phi) is 6.52. The van der Waals surface area contributed by atoms with Gasteiger partial charge >= 0.3 is 6.03 Å². The maximum absolute atomic E-state index is 13.3. The summed E-state index contributed by atoms with van der Waals surface area (Å²) in [5.74, 6) is -0.655. The van der Waals surface area contributed by atoms with Gasteiger partial charge in [0.25, 0.3) is 11.6 Å². The van der Waals surface area contributed by atoms with Crippen molar-refractivity contribution in [2.45, 2.75) is 25.0 Å². The molecule has 1 atom stereocenters. The van der Waals surface area contributed by atoms with Gasteiger partial charge in [0, 0.05) is 27.3 Å². The van der Waals surface area contributed by atoms with Crippen LogP contribution in [0.25, 0.3) is 0 Å². The zero-order valence-electron chi connectivity index (χ0n) is 16.9. The minimum absolute atomic E-state index is 0.286. The third kappa shape index (κ3) is 4.43. The van der Waals surface area contributed by atoms with E-state index in [9.17, 15) is 14.7 Å². The van der Waals surface area contributed by atoms with E-state index >= 15 is 0 Å². The van der Waals surface area contributed by atoms with Crippen LogP contribution >= 0.6 is 27.5 Å². The summed E-state index contributed by atoms with van der Waals surface area (Å²) in [4.78, 5) is 29.7. The van der Waals surface area contributed by atoms with Crippen LogP contribution in [-0.4, -0.2) is 48.1 Å². The fraction of sp³-hybridized carbons (Fsp3) is 0.364. The van der Waals surface area contributed by atoms with Crippen molar-refractivity contribution in [2.24, 2.45) is 0 Å². The van der Waals surface area contributed by atoms with E-state index in [4.69, 9.17) is 11.6 Å². The Morgan fingerprint density at radius 1 is 1.19 bits per heavy atom. The van der Waals surface area contributed by atoms with Crippen LogP contribution < -0.4 is 15.5 Å². The molecule has 0 spiro atoms. The van der Waals surface area contributed by atoms with Gasteiger partial charge in [-0.15, -0.1) is 0 Å². The maximum atomic E-state index is 13.3. The molecule has 3 N–H and O–H groups in total. The number of aliphatic hydroxyl groups is 1. The van der Waals surface area contributed by atoms with Crippen molar-refractivity contribution in [3.63, 3.8) is 0 Å². The first-order chi connectivity index (χ1) is 14.9. The number of hydrogen-bond donors (Lipinski definition) is 3. The van der Waals surface area contributed by atoms with E-state index in [1.807, 2.05) is 0 Å². The predicted octanol–water partition coefficient (Wildman–Crippen LogP) is 3.90. The van der Waals surface area contributed by atoms with Crippen LogP contribution in [0.2, 0.25) is 5.02 Å². The molecule has 0 saturated carbocycles. The molecule has 0 radical (unpaired) electrons. The summed E-state index contributed by atoms with van der Waals surface area (Å²) in [6, 6.07) is 10.8. The molecule has 7 nitrogen and oxygen atoms in total. The molecule has 4 rings (SSSR count). The predicted molar refractivity (Wildman–Crippen MR) is 124 cm³/mol. The monoisotopic (exact) mass is 506 g/mol. The van der Waals surface area contributed by atoms with Gasteiger partial charge in [-0.25, -0.2) is 4.79 Å². The lowest BCUT2D eigenvalue weighted by Gasteiger charge is -2.42. The molecule has 2 heterocycles. The van der Waals surface area contributed by atoms with Gasteiger partial charge < -0.3 is 20.6 Å². The molecule has 3 amide bonds. The first-order valence-corrected chi connectivity index (χ1v) is 11.5. The normalized spacial score (nSPS) is 21.0. The number of nitrogens with zero attached hydrogens (tertiary/aromatic N) is 2. The highest BCUT2D eigenvalue weighted by Crippen LogP contribution is 2.41. The number of halogens is 2. The van der Waals surface area contributed by atoms with E-state index in [0.717, 1.165) is 31.0 Å². The van der Waals surface area contributed by atoms with Crippen LogP contribution in [0.3, 0.4) is 0 Å². The number of amides is 3. The van der Waals surface area contributed by atoms with Crippen molar-refractivity contribution < 1.29 is 14.7 Å². The standard InChI is InChI=1S/C22H24BrClN4O3/c23-15-4-9-19-18(14-15)22(31,20(29)25-10-3-13-27-11-1-2-12-27)28(21(30)26-19)17-7-5-16(24)6-8-17/h4-9,14,31H,1-3,10-13H2,(H,25,29)(H,26,30)/t22-/m1/s1. The van der Waals surface area contributed by atoms with Gasteiger partial charge in [-0.3, -0.25) is 9.69 Å². The highest BCUT2D eigenvalue weighted by molar-refractivity contribution is 9.10. The zero-order chi connectivity index (χ0) is 22.0. The molecule has 9 heteroatoms. The Balaban J connectivity index is 1.63. The summed E-state index contributed by atoms with van der Waals surface area (Å²) < 4.78 is 0.679. The summed E-state index contributed by atoms with van der Waals surface area (Å²) in [5.41, 5.74) is -1.20. The fourth-order valence-electron chi connectivity index (χ4n) is 4.10. The summed E-state index contributed by atoms with van der Waals surface area (Å²) in [7, 11) is 0. The number of rotatable bonds is 6. The summed E-state index contributed by atoms with van der Waals surface area (Å²) in [6.07, 6.45) is 3.19. The van der Waals surface area contributed by atoms with Gasteiger partial charge in [-0.05, 0) is 81.4 Å². The largest absolute Gasteiger partial charge is 0.359 e. The lowest BCUT2D eigenvalue weighted by Crippen LogP contribution is -2.62. The van der Waals surface area contributed by atoms with E-state index in [0.29, 0.717) is 27.4 Å². The molecule has 2 aromatic rings. The minimum Gasteiger partial charge on any atom is -0.359 e. The molecule has 2 aromatic carbocycles. The fourth-order valence-corrected chi connectivity index (χ4v) is 4.59. The number of benzene rings is 2. The molecule has 0 unspecified atom stereocenters. The molecule has 31 heavy (non-hydrogen) atoms. The Labute approximate surface area is 194 Å². The van der Waals surface area contributed by atoms with Gasteiger partial charge in [0.05, 0.1) is 5.69 Å². The number of likely N-dealkylation sites (tertiary alicyclic amines) is 1. The Morgan fingerprint density at radius 3 is 2.61 bits per heavy atom. The Morgan fingerprint density at radius 2 is 1.90 bits per heavy atom. The topological polar surface area (TPSA) is 84.9 Å². The molecule has 0 bridgehead atoms. The number of hydrogen-bond acceptors (Lipinski definition) is 4. The van der Waals surface area contributed by atoms with Gasteiger partial charge in [-0.2, -0.15) is 0 Å².